The summed E-state index contributed by atoms with van der Waals surface area (Å²) < 4.78 is 0. The Labute approximate surface area is 140 Å². The Bertz CT molecular complexity index is 372. The molecule has 0 aliphatic heterocycles. The van der Waals surface area contributed by atoms with Gasteiger partial charge in [-0.25, -0.2) is 0 Å². The first-order valence-electron chi connectivity index (χ1n) is 8.82. The summed E-state index contributed by atoms with van der Waals surface area (Å²) in [4.78, 5) is 21.4. The first-order chi connectivity index (χ1) is 11.1. The van der Waals surface area contributed by atoms with Gasteiger partial charge in [-0.15, -0.1) is 0 Å². The van der Waals surface area contributed by atoms with Gasteiger partial charge < -0.3 is 10.2 Å². The minimum absolute atomic E-state index is 0.294. The van der Waals surface area contributed by atoms with Crippen LogP contribution in [0.4, 0.5) is 0 Å². The maximum absolute atomic E-state index is 10.9. The third-order valence-electron chi connectivity index (χ3n) is 3.74. The predicted molar refractivity (Wildman–Crippen MR) is 93.5 cm³/mol. The van der Waals surface area contributed by atoms with Gasteiger partial charge in [0.25, 0.3) is 0 Å². The van der Waals surface area contributed by atoms with E-state index in [1.54, 1.807) is 6.08 Å². The van der Waals surface area contributed by atoms with Crippen molar-refractivity contribution in [3.05, 3.63) is 24.3 Å². The first-order valence-corrected chi connectivity index (χ1v) is 8.82. The van der Waals surface area contributed by atoms with Gasteiger partial charge in [-0.3, -0.25) is 9.59 Å². The van der Waals surface area contributed by atoms with Gasteiger partial charge in [0.05, 0.1) is 12.3 Å². The highest BCUT2D eigenvalue weighted by atomic mass is 16.4. The van der Waals surface area contributed by atoms with E-state index in [0.29, 0.717) is 6.42 Å². The van der Waals surface area contributed by atoms with Crippen molar-refractivity contribution in [2.24, 2.45) is 5.92 Å². The molecule has 0 rings (SSSR count). The van der Waals surface area contributed by atoms with Gasteiger partial charge in [-0.1, -0.05) is 50.5 Å². The van der Waals surface area contributed by atoms with Gasteiger partial charge in [0.2, 0.25) is 0 Å². The van der Waals surface area contributed by atoms with E-state index in [2.05, 4.69) is 19.1 Å². The fraction of sp³-hybridized carbons (Fsp3) is 0.684. The molecule has 23 heavy (non-hydrogen) atoms. The molecule has 4 nitrogen and oxygen atoms in total. The highest BCUT2D eigenvalue weighted by Gasteiger charge is 2.18. The second kappa shape index (κ2) is 15.3. The minimum atomic E-state index is -1.06. The molecule has 0 heterocycles. The number of allylic oxidation sites excluding steroid dienone is 4. The Hall–Kier alpha value is -1.58. The van der Waals surface area contributed by atoms with Gasteiger partial charge in [0.15, 0.2) is 0 Å². The Morgan fingerprint density at radius 3 is 1.83 bits per heavy atom. The highest BCUT2D eigenvalue weighted by molar-refractivity contribution is 5.77. The zero-order valence-corrected chi connectivity index (χ0v) is 14.4. The number of carboxylic acids is 2. The maximum atomic E-state index is 10.9. The normalized spacial score (nSPS) is 12.9. The molecule has 0 saturated carbocycles. The summed E-state index contributed by atoms with van der Waals surface area (Å²) in [5.41, 5.74) is 0. The molecule has 0 radical (unpaired) electrons. The van der Waals surface area contributed by atoms with E-state index in [1.807, 2.05) is 6.08 Å². The topological polar surface area (TPSA) is 74.6 Å². The van der Waals surface area contributed by atoms with E-state index < -0.39 is 17.9 Å². The third-order valence-corrected chi connectivity index (χ3v) is 3.74. The number of hydrogen-bond donors (Lipinski definition) is 2. The largest absolute Gasteiger partial charge is 0.481 e. The fourth-order valence-corrected chi connectivity index (χ4v) is 2.31. The van der Waals surface area contributed by atoms with Crippen molar-refractivity contribution in [3.8, 4) is 0 Å². The summed E-state index contributed by atoms with van der Waals surface area (Å²) in [7, 11) is 0. The van der Waals surface area contributed by atoms with Crippen LogP contribution in [0.5, 0.6) is 0 Å². The lowest BCUT2D eigenvalue weighted by atomic mass is 10.0. The van der Waals surface area contributed by atoms with Crippen molar-refractivity contribution >= 4 is 11.9 Å². The Morgan fingerprint density at radius 1 is 0.826 bits per heavy atom. The molecule has 0 bridgehead atoms. The zero-order chi connectivity index (χ0) is 17.3. The van der Waals surface area contributed by atoms with Gasteiger partial charge in [-0.2, -0.15) is 0 Å². The van der Waals surface area contributed by atoms with E-state index in [9.17, 15) is 9.59 Å². The molecule has 0 aromatic heterocycles. The van der Waals surface area contributed by atoms with E-state index >= 15 is 0 Å². The first kappa shape index (κ1) is 21.4. The Balaban J connectivity index is 3.56. The molecular weight excluding hydrogens is 292 g/mol. The van der Waals surface area contributed by atoms with Crippen LogP contribution in [0.3, 0.4) is 0 Å². The van der Waals surface area contributed by atoms with E-state index in [-0.39, 0.29) is 6.42 Å². The summed E-state index contributed by atoms with van der Waals surface area (Å²) in [6, 6.07) is 0. The van der Waals surface area contributed by atoms with E-state index in [0.717, 1.165) is 19.3 Å². The Kier molecular flexibility index (Phi) is 14.3. The minimum Gasteiger partial charge on any atom is -0.481 e. The van der Waals surface area contributed by atoms with Crippen LogP contribution < -0.4 is 0 Å². The lowest BCUT2D eigenvalue weighted by Crippen LogP contribution is -2.16. The summed E-state index contributed by atoms with van der Waals surface area (Å²) in [6.45, 7) is 2.21. The SMILES string of the molecule is CCCCC/C=C/CCCCC/C=C/CC(CC(=O)O)C(=O)O. The van der Waals surface area contributed by atoms with Gasteiger partial charge >= 0.3 is 11.9 Å². The fourth-order valence-electron chi connectivity index (χ4n) is 2.31. The molecule has 0 saturated heterocycles. The number of carboxylic acid groups (broad SMARTS) is 2. The van der Waals surface area contributed by atoms with Crippen LogP contribution >= 0.6 is 0 Å². The molecule has 132 valence electrons. The molecular formula is C19H32O4. The molecule has 2 N–H and O–H groups in total. The van der Waals surface area contributed by atoms with Crippen LogP contribution in [0, 0.1) is 5.92 Å². The molecule has 0 aliphatic rings. The van der Waals surface area contributed by atoms with Crippen molar-refractivity contribution in [1.29, 1.82) is 0 Å². The van der Waals surface area contributed by atoms with Crippen molar-refractivity contribution in [1.82, 2.24) is 0 Å². The average Bonchev–Trinajstić information content (AvgIpc) is 2.50. The quantitative estimate of drug-likeness (QED) is 0.321. The average molecular weight is 324 g/mol. The van der Waals surface area contributed by atoms with Crippen molar-refractivity contribution in [3.63, 3.8) is 0 Å². The van der Waals surface area contributed by atoms with Crippen LogP contribution in [-0.2, 0) is 9.59 Å². The number of aliphatic carboxylic acids is 2. The van der Waals surface area contributed by atoms with Crippen LogP contribution in [-0.4, -0.2) is 22.2 Å². The number of unbranched alkanes of at least 4 members (excludes halogenated alkanes) is 7. The van der Waals surface area contributed by atoms with Crippen molar-refractivity contribution in [2.45, 2.75) is 77.6 Å². The van der Waals surface area contributed by atoms with Gasteiger partial charge in [0, 0.05) is 0 Å². The third kappa shape index (κ3) is 15.1. The molecule has 4 heteroatoms. The van der Waals surface area contributed by atoms with Gasteiger partial charge in [0.1, 0.15) is 0 Å². The monoisotopic (exact) mass is 324 g/mol. The maximum Gasteiger partial charge on any atom is 0.307 e. The number of hydrogen-bond acceptors (Lipinski definition) is 2. The summed E-state index contributed by atoms with van der Waals surface area (Å²) >= 11 is 0. The van der Waals surface area contributed by atoms with Crippen molar-refractivity contribution < 1.29 is 19.8 Å². The van der Waals surface area contributed by atoms with E-state index in [1.165, 1.54) is 38.5 Å². The number of rotatable bonds is 15. The van der Waals surface area contributed by atoms with Crippen LogP contribution in [0.25, 0.3) is 0 Å². The molecule has 0 aromatic rings. The molecule has 0 spiro atoms. The summed E-state index contributed by atoms with van der Waals surface area (Å²) in [5, 5.41) is 17.6. The van der Waals surface area contributed by atoms with E-state index in [4.69, 9.17) is 10.2 Å². The predicted octanol–water partition coefficient (Wildman–Crippen LogP) is 5.20. The lowest BCUT2D eigenvalue weighted by molar-refractivity contribution is -0.148. The second-order valence-electron chi connectivity index (χ2n) is 5.95. The van der Waals surface area contributed by atoms with Crippen LogP contribution in [0.2, 0.25) is 0 Å². The lowest BCUT2D eigenvalue weighted by Gasteiger charge is -2.05. The highest BCUT2D eigenvalue weighted by Crippen LogP contribution is 2.11. The number of carbonyl (C=O) groups is 2. The molecule has 0 amide bonds. The van der Waals surface area contributed by atoms with Crippen LogP contribution in [0.15, 0.2) is 24.3 Å². The van der Waals surface area contributed by atoms with Crippen molar-refractivity contribution in [2.75, 3.05) is 0 Å². The molecule has 0 fully saturated rings. The van der Waals surface area contributed by atoms with Gasteiger partial charge in [-0.05, 0) is 44.9 Å². The molecule has 1 atom stereocenters. The molecule has 0 aromatic carbocycles. The molecule has 1 unspecified atom stereocenters. The Morgan fingerprint density at radius 2 is 1.35 bits per heavy atom. The summed E-state index contributed by atoms with van der Waals surface area (Å²) in [6.07, 6.45) is 18.9. The van der Waals surface area contributed by atoms with Crippen LogP contribution in [0.1, 0.15) is 77.6 Å². The molecule has 0 aliphatic carbocycles. The summed E-state index contributed by atoms with van der Waals surface area (Å²) in [5.74, 6) is -2.92. The zero-order valence-electron chi connectivity index (χ0n) is 14.4. The smallest absolute Gasteiger partial charge is 0.307 e. The second-order valence-corrected chi connectivity index (χ2v) is 5.95. The standard InChI is InChI=1S/C19H32O4/c1-2-3-4-5-6-7-8-9-10-11-12-13-14-15-17(19(22)23)16-18(20)21/h6-7,13-14,17H,2-5,8-12,15-16H2,1H3,(H,20,21)(H,22,23)/b7-6+,14-13+.